The highest BCUT2D eigenvalue weighted by Gasteiger charge is 2.31. The van der Waals surface area contributed by atoms with Gasteiger partial charge in [0.1, 0.15) is 11.6 Å². The first-order chi connectivity index (χ1) is 15.6. The van der Waals surface area contributed by atoms with Gasteiger partial charge in [0.25, 0.3) is 0 Å². The molecule has 0 spiro atoms. The predicted octanol–water partition coefficient (Wildman–Crippen LogP) is 2.58. The third kappa shape index (κ3) is 6.82. The average Bonchev–Trinajstić information content (AvgIpc) is 2.75. The number of fused-ring (bicyclic) bond motifs is 1. The number of aliphatic hydroxyl groups excluding tert-OH is 1. The second kappa shape index (κ2) is 10.7. The van der Waals surface area contributed by atoms with Crippen molar-refractivity contribution in [3.05, 3.63) is 70.3 Å². The molecule has 1 amide bonds. The van der Waals surface area contributed by atoms with Gasteiger partial charge in [0.15, 0.2) is 9.84 Å². The molecule has 0 unspecified atom stereocenters. The molecule has 0 fully saturated rings. The number of halogens is 2. The Morgan fingerprint density at radius 3 is 2.45 bits per heavy atom. The Kier molecular flexibility index (Phi) is 8.20. The number of amides is 1. The van der Waals surface area contributed by atoms with Crippen LogP contribution in [0.1, 0.15) is 48.6 Å². The van der Waals surface area contributed by atoms with Crippen LogP contribution in [0, 0.1) is 11.6 Å². The third-order valence-electron chi connectivity index (χ3n) is 5.87. The van der Waals surface area contributed by atoms with Crippen LogP contribution in [0.3, 0.4) is 0 Å². The minimum Gasteiger partial charge on any atom is -0.390 e. The van der Waals surface area contributed by atoms with E-state index in [0.29, 0.717) is 5.56 Å². The van der Waals surface area contributed by atoms with Crippen molar-refractivity contribution in [2.45, 2.75) is 57.1 Å². The molecule has 1 aliphatic rings. The molecule has 1 heterocycles. The first kappa shape index (κ1) is 25.3. The number of hydrogen-bond donors (Lipinski definition) is 3. The largest absolute Gasteiger partial charge is 0.390 e. The Morgan fingerprint density at radius 1 is 1.12 bits per heavy atom. The zero-order valence-corrected chi connectivity index (χ0v) is 19.6. The maximum absolute atomic E-state index is 13.6. The van der Waals surface area contributed by atoms with E-state index in [0.717, 1.165) is 41.3 Å². The van der Waals surface area contributed by atoms with E-state index >= 15 is 0 Å². The molecule has 180 valence electrons. The predicted molar refractivity (Wildman–Crippen MR) is 122 cm³/mol. The highest BCUT2D eigenvalue weighted by atomic mass is 32.2. The van der Waals surface area contributed by atoms with Crippen molar-refractivity contribution < 1.29 is 27.1 Å². The lowest BCUT2D eigenvalue weighted by Crippen LogP contribution is -2.49. The standard InChI is InChI=1S/C24H30F2N2O4S/c1-3-15-5-6-17-13-33(31,32)14-22(20(17)9-15)27-12-23(29)21(28-24(30)4-2)10-16-7-18(25)11-19(26)8-16/h5-9,11,21-23,27,29H,3-4,10,12-14H2,1-2H3,(H,28,30)/t21-,22-,23+/m0/s1. The molecular formula is C24H30F2N2O4S. The molecule has 33 heavy (non-hydrogen) atoms. The van der Waals surface area contributed by atoms with E-state index < -0.39 is 39.7 Å². The summed E-state index contributed by atoms with van der Waals surface area (Å²) >= 11 is 0. The van der Waals surface area contributed by atoms with Gasteiger partial charge in [-0.2, -0.15) is 0 Å². The van der Waals surface area contributed by atoms with Crippen LogP contribution in [0.25, 0.3) is 0 Å². The van der Waals surface area contributed by atoms with Gasteiger partial charge >= 0.3 is 0 Å². The maximum Gasteiger partial charge on any atom is 0.220 e. The summed E-state index contributed by atoms with van der Waals surface area (Å²) < 4.78 is 52.1. The number of rotatable bonds is 9. The van der Waals surface area contributed by atoms with Crippen LogP contribution < -0.4 is 10.6 Å². The van der Waals surface area contributed by atoms with Crippen LogP contribution in [0.2, 0.25) is 0 Å². The van der Waals surface area contributed by atoms with E-state index in [9.17, 15) is 27.1 Å². The fourth-order valence-electron chi connectivity index (χ4n) is 4.11. The van der Waals surface area contributed by atoms with Gasteiger partial charge in [0, 0.05) is 25.1 Å². The van der Waals surface area contributed by atoms with E-state index in [1.807, 2.05) is 25.1 Å². The van der Waals surface area contributed by atoms with E-state index in [-0.39, 0.29) is 36.8 Å². The molecule has 9 heteroatoms. The lowest BCUT2D eigenvalue weighted by atomic mass is 9.97. The van der Waals surface area contributed by atoms with Gasteiger partial charge < -0.3 is 15.7 Å². The minimum absolute atomic E-state index is 0.0115. The summed E-state index contributed by atoms with van der Waals surface area (Å²) in [6, 6.07) is 7.49. The molecule has 0 bridgehead atoms. The van der Waals surface area contributed by atoms with Gasteiger partial charge in [-0.1, -0.05) is 32.0 Å². The number of hydrogen-bond acceptors (Lipinski definition) is 5. The highest BCUT2D eigenvalue weighted by Crippen LogP contribution is 2.29. The molecule has 0 saturated carbocycles. The molecule has 2 aromatic carbocycles. The van der Waals surface area contributed by atoms with Gasteiger partial charge in [-0.3, -0.25) is 4.79 Å². The van der Waals surface area contributed by atoms with Gasteiger partial charge in [0.05, 0.1) is 23.7 Å². The van der Waals surface area contributed by atoms with Crippen molar-refractivity contribution in [2.75, 3.05) is 12.3 Å². The Hall–Kier alpha value is -2.36. The van der Waals surface area contributed by atoms with Gasteiger partial charge in [-0.05, 0) is 47.2 Å². The Morgan fingerprint density at radius 2 is 1.82 bits per heavy atom. The number of aliphatic hydroxyl groups is 1. The number of carbonyl (C=O) groups is 1. The minimum atomic E-state index is -3.31. The Balaban J connectivity index is 1.78. The topological polar surface area (TPSA) is 95.5 Å². The summed E-state index contributed by atoms with van der Waals surface area (Å²) in [4.78, 5) is 12.0. The summed E-state index contributed by atoms with van der Waals surface area (Å²) in [7, 11) is -3.31. The lowest BCUT2D eigenvalue weighted by molar-refractivity contribution is -0.122. The number of carbonyl (C=O) groups excluding carboxylic acids is 1. The van der Waals surface area contributed by atoms with E-state index in [2.05, 4.69) is 10.6 Å². The van der Waals surface area contributed by atoms with Crippen molar-refractivity contribution in [3.8, 4) is 0 Å². The number of nitrogens with one attached hydrogen (secondary N) is 2. The van der Waals surface area contributed by atoms with E-state index in [4.69, 9.17) is 0 Å². The molecule has 1 aliphatic heterocycles. The van der Waals surface area contributed by atoms with E-state index in [1.165, 1.54) is 0 Å². The monoisotopic (exact) mass is 480 g/mol. The first-order valence-corrected chi connectivity index (χ1v) is 12.9. The second-order valence-electron chi connectivity index (χ2n) is 8.48. The SMILES string of the molecule is CCC(=O)N[C@@H](Cc1cc(F)cc(F)c1)[C@H](O)CN[C@H]1CS(=O)(=O)Cc2ccc(CC)cc21. The van der Waals surface area contributed by atoms with Crippen LogP contribution in [0.4, 0.5) is 8.78 Å². The molecule has 0 radical (unpaired) electrons. The second-order valence-corrected chi connectivity index (χ2v) is 10.6. The Labute approximate surface area is 193 Å². The number of aryl methyl sites for hydroxylation is 1. The van der Waals surface area contributed by atoms with Crippen LogP contribution in [-0.2, 0) is 33.2 Å². The molecular weight excluding hydrogens is 450 g/mol. The molecule has 0 saturated heterocycles. The highest BCUT2D eigenvalue weighted by molar-refractivity contribution is 7.90. The van der Waals surface area contributed by atoms with Crippen LogP contribution in [-0.4, -0.2) is 43.9 Å². The molecule has 6 nitrogen and oxygen atoms in total. The summed E-state index contributed by atoms with van der Waals surface area (Å²) in [5, 5.41) is 16.7. The molecule has 0 aliphatic carbocycles. The summed E-state index contributed by atoms with van der Waals surface area (Å²) in [6.07, 6.45) is -0.107. The molecule has 0 aromatic heterocycles. The zero-order valence-electron chi connectivity index (χ0n) is 18.8. The third-order valence-corrected chi connectivity index (χ3v) is 7.47. The molecule has 2 aromatic rings. The summed E-state index contributed by atoms with van der Waals surface area (Å²) in [5.41, 5.74) is 3.00. The lowest BCUT2D eigenvalue weighted by Gasteiger charge is -2.30. The average molecular weight is 481 g/mol. The van der Waals surface area contributed by atoms with Crippen LogP contribution >= 0.6 is 0 Å². The van der Waals surface area contributed by atoms with Crippen molar-refractivity contribution in [1.82, 2.24) is 10.6 Å². The van der Waals surface area contributed by atoms with Crippen LogP contribution in [0.15, 0.2) is 36.4 Å². The molecule has 3 rings (SSSR count). The maximum atomic E-state index is 13.6. The fourth-order valence-corrected chi connectivity index (χ4v) is 5.77. The van der Waals surface area contributed by atoms with Crippen molar-refractivity contribution >= 4 is 15.7 Å². The van der Waals surface area contributed by atoms with Crippen LogP contribution in [0.5, 0.6) is 0 Å². The fraction of sp³-hybridized carbons (Fsp3) is 0.458. The molecule has 3 atom stereocenters. The first-order valence-electron chi connectivity index (χ1n) is 11.1. The van der Waals surface area contributed by atoms with Gasteiger partial charge in [-0.15, -0.1) is 0 Å². The summed E-state index contributed by atoms with van der Waals surface area (Å²) in [6.45, 7) is 3.67. The van der Waals surface area contributed by atoms with Gasteiger partial charge in [-0.25, -0.2) is 17.2 Å². The quantitative estimate of drug-likeness (QED) is 0.513. The normalized spacial score (nSPS) is 18.9. The Bertz CT molecular complexity index is 1090. The summed E-state index contributed by atoms with van der Waals surface area (Å²) in [5.74, 6) is -1.91. The molecule has 3 N–H and O–H groups in total. The smallest absolute Gasteiger partial charge is 0.220 e. The van der Waals surface area contributed by atoms with Crippen molar-refractivity contribution in [3.63, 3.8) is 0 Å². The van der Waals surface area contributed by atoms with Crippen molar-refractivity contribution in [1.29, 1.82) is 0 Å². The number of sulfone groups is 1. The number of benzene rings is 2. The van der Waals surface area contributed by atoms with Gasteiger partial charge in [0.2, 0.25) is 5.91 Å². The zero-order chi connectivity index (χ0) is 24.2. The van der Waals surface area contributed by atoms with E-state index in [1.54, 1.807) is 6.92 Å². The van der Waals surface area contributed by atoms with Crippen molar-refractivity contribution in [2.24, 2.45) is 0 Å².